The van der Waals surface area contributed by atoms with E-state index < -0.39 is 11.8 Å². The fourth-order valence-electron chi connectivity index (χ4n) is 1.42. The van der Waals surface area contributed by atoms with Crippen LogP contribution < -0.4 is 10.2 Å². The van der Waals surface area contributed by atoms with Crippen LogP contribution in [0.4, 0.5) is 4.39 Å². The van der Waals surface area contributed by atoms with Crippen LogP contribution in [-0.4, -0.2) is 31.3 Å². The number of benzene rings is 1. The van der Waals surface area contributed by atoms with E-state index in [9.17, 15) is 4.39 Å². The van der Waals surface area contributed by atoms with E-state index in [0.29, 0.717) is 11.2 Å². The Bertz CT molecular complexity index is 319. The zero-order valence-electron chi connectivity index (χ0n) is 9.61. The minimum absolute atomic E-state index is 0.147. The van der Waals surface area contributed by atoms with Gasteiger partial charge in [-0.05, 0) is 26.0 Å². The Morgan fingerprint density at radius 1 is 1.38 bits per heavy atom. The third-order valence-electron chi connectivity index (χ3n) is 2.10. The summed E-state index contributed by atoms with van der Waals surface area (Å²) in [5.41, 5.74) is -0.722. The van der Waals surface area contributed by atoms with Crippen molar-refractivity contribution in [3.05, 3.63) is 24.3 Å². The van der Waals surface area contributed by atoms with Crippen LogP contribution in [-0.2, 0) is 0 Å². The van der Waals surface area contributed by atoms with Crippen LogP contribution >= 0.6 is 0 Å². The van der Waals surface area contributed by atoms with Crippen LogP contribution in [0.2, 0.25) is 0 Å². The summed E-state index contributed by atoms with van der Waals surface area (Å²) in [5.74, 6) is 0.581. The minimum atomic E-state index is -1.36. The van der Waals surface area contributed by atoms with E-state index in [1.807, 2.05) is 0 Å². The summed E-state index contributed by atoms with van der Waals surface area (Å²) in [5, 5.41) is 9.09. The third kappa shape index (κ3) is 4.66. The predicted molar refractivity (Wildman–Crippen MR) is 63.1 cm³/mol. The quantitative estimate of drug-likeness (QED) is 0.762. The maximum absolute atomic E-state index is 13.4. The highest BCUT2D eigenvalue weighted by Gasteiger charge is 2.23. The Balaban J connectivity index is 2.60. The van der Waals surface area contributed by atoms with Crippen LogP contribution in [0.3, 0.4) is 0 Å². The molecule has 0 spiro atoms. The molecule has 1 rings (SSSR count). The van der Waals surface area contributed by atoms with E-state index in [2.05, 4.69) is 0 Å². The summed E-state index contributed by atoms with van der Waals surface area (Å²) in [4.78, 5) is 0. The van der Waals surface area contributed by atoms with Crippen molar-refractivity contribution in [2.75, 3.05) is 6.61 Å². The molecule has 1 unspecified atom stereocenters. The Morgan fingerprint density at radius 3 is 2.38 bits per heavy atom. The summed E-state index contributed by atoms with van der Waals surface area (Å²) in [6.45, 7) is 2.71. The van der Waals surface area contributed by atoms with Crippen molar-refractivity contribution >= 4 is 13.3 Å². The average molecular weight is 222 g/mol. The van der Waals surface area contributed by atoms with Gasteiger partial charge >= 0.3 is 0 Å². The summed E-state index contributed by atoms with van der Waals surface area (Å²) >= 11 is 0. The molecule has 0 aliphatic carbocycles. The molecule has 1 atom stereocenters. The molecular weight excluding hydrogens is 206 g/mol. The second kappa shape index (κ2) is 5.35. The van der Waals surface area contributed by atoms with Crippen molar-refractivity contribution in [2.45, 2.75) is 32.0 Å². The van der Waals surface area contributed by atoms with E-state index in [4.69, 9.17) is 17.7 Å². The standard InChI is InChI=1S/C12H16BFO2/c1-12(2,14)7-11(8-15)16-10-5-3-9(13)4-6-10/h3-6,11,15H,7-8H2,1-2H3. The highest BCUT2D eigenvalue weighted by atomic mass is 19.1. The van der Waals surface area contributed by atoms with E-state index >= 15 is 0 Å². The lowest BCUT2D eigenvalue weighted by molar-refractivity contribution is 0.0583. The molecule has 0 saturated heterocycles. The van der Waals surface area contributed by atoms with Gasteiger partial charge in [0.15, 0.2) is 0 Å². The Morgan fingerprint density at radius 2 is 1.94 bits per heavy atom. The van der Waals surface area contributed by atoms with Crippen molar-refractivity contribution in [3.8, 4) is 5.75 Å². The lowest BCUT2D eigenvalue weighted by Crippen LogP contribution is -2.29. The summed E-state index contributed by atoms with van der Waals surface area (Å²) in [6.07, 6.45) is -0.392. The number of ether oxygens (including phenoxy) is 1. The lowest BCUT2D eigenvalue weighted by Gasteiger charge is -2.22. The Hall–Kier alpha value is -1.03. The molecule has 2 radical (unpaired) electrons. The molecule has 0 amide bonds. The van der Waals surface area contributed by atoms with Crippen molar-refractivity contribution in [2.24, 2.45) is 0 Å². The van der Waals surface area contributed by atoms with Crippen LogP contribution in [0.1, 0.15) is 20.3 Å². The SMILES string of the molecule is [B]c1ccc(OC(CO)CC(C)(C)F)cc1. The van der Waals surface area contributed by atoms with Crippen LogP contribution in [0, 0.1) is 0 Å². The topological polar surface area (TPSA) is 29.5 Å². The van der Waals surface area contributed by atoms with Gasteiger partial charge < -0.3 is 9.84 Å². The fraction of sp³-hybridized carbons (Fsp3) is 0.500. The van der Waals surface area contributed by atoms with Gasteiger partial charge in [-0.2, -0.15) is 0 Å². The molecule has 16 heavy (non-hydrogen) atoms. The smallest absolute Gasteiger partial charge is 0.125 e. The number of hydrogen-bond donors (Lipinski definition) is 1. The third-order valence-corrected chi connectivity index (χ3v) is 2.10. The normalized spacial score (nSPS) is 13.5. The number of hydrogen-bond acceptors (Lipinski definition) is 2. The van der Waals surface area contributed by atoms with Gasteiger partial charge in [-0.25, -0.2) is 4.39 Å². The summed E-state index contributed by atoms with van der Waals surface area (Å²) in [7, 11) is 5.53. The number of aliphatic hydroxyl groups is 1. The molecule has 1 aromatic rings. The first-order valence-corrected chi connectivity index (χ1v) is 5.23. The van der Waals surface area contributed by atoms with Crippen molar-refractivity contribution in [3.63, 3.8) is 0 Å². The maximum Gasteiger partial charge on any atom is 0.125 e. The van der Waals surface area contributed by atoms with Gasteiger partial charge in [0.1, 0.15) is 25.4 Å². The van der Waals surface area contributed by atoms with Gasteiger partial charge in [-0.3, -0.25) is 0 Å². The first-order chi connectivity index (χ1) is 7.40. The highest BCUT2D eigenvalue weighted by molar-refractivity contribution is 6.32. The molecule has 0 aromatic heterocycles. The maximum atomic E-state index is 13.4. The highest BCUT2D eigenvalue weighted by Crippen LogP contribution is 2.20. The number of rotatable bonds is 5. The largest absolute Gasteiger partial charge is 0.488 e. The number of halogens is 1. The van der Waals surface area contributed by atoms with Gasteiger partial charge in [-0.15, -0.1) is 0 Å². The van der Waals surface area contributed by atoms with Crippen LogP contribution in [0.15, 0.2) is 24.3 Å². The zero-order valence-corrected chi connectivity index (χ0v) is 9.61. The average Bonchev–Trinajstić information content (AvgIpc) is 2.18. The first kappa shape index (κ1) is 13.0. The van der Waals surface area contributed by atoms with Gasteiger partial charge in [0.25, 0.3) is 0 Å². The predicted octanol–water partition coefficient (Wildman–Crippen LogP) is 1.36. The van der Waals surface area contributed by atoms with Crippen LogP contribution in [0.5, 0.6) is 5.75 Å². The summed E-state index contributed by atoms with van der Waals surface area (Å²) in [6, 6.07) is 6.79. The van der Waals surface area contributed by atoms with Crippen molar-refractivity contribution < 1.29 is 14.2 Å². The molecule has 86 valence electrons. The van der Waals surface area contributed by atoms with Gasteiger partial charge in [0.2, 0.25) is 0 Å². The molecule has 0 bridgehead atoms. The molecule has 0 heterocycles. The molecule has 2 nitrogen and oxygen atoms in total. The minimum Gasteiger partial charge on any atom is -0.488 e. The molecule has 1 aromatic carbocycles. The Labute approximate surface area is 96.8 Å². The second-order valence-electron chi connectivity index (χ2n) is 4.41. The molecule has 0 saturated carbocycles. The molecule has 0 aliphatic rings. The van der Waals surface area contributed by atoms with Gasteiger partial charge in [0.05, 0.1) is 6.61 Å². The van der Waals surface area contributed by atoms with Crippen molar-refractivity contribution in [1.82, 2.24) is 0 Å². The van der Waals surface area contributed by atoms with Crippen molar-refractivity contribution in [1.29, 1.82) is 0 Å². The summed E-state index contributed by atoms with van der Waals surface area (Å²) < 4.78 is 18.8. The van der Waals surface area contributed by atoms with Gasteiger partial charge in [-0.1, -0.05) is 17.6 Å². The molecule has 0 aliphatic heterocycles. The number of alkyl halides is 1. The second-order valence-corrected chi connectivity index (χ2v) is 4.41. The van der Waals surface area contributed by atoms with Gasteiger partial charge in [0, 0.05) is 6.42 Å². The molecular formula is C12H16BFO2. The van der Waals surface area contributed by atoms with E-state index in [0.717, 1.165) is 0 Å². The zero-order chi connectivity index (χ0) is 12.2. The Kier molecular flexibility index (Phi) is 4.36. The van der Waals surface area contributed by atoms with E-state index in [-0.39, 0.29) is 13.0 Å². The monoisotopic (exact) mass is 222 g/mol. The molecule has 0 fully saturated rings. The lowest BCUT2D eigenvalue weighted by atomic mass is 9.97. The first-order valence-electron chi connectivity index (χ1n) is 5.23. The molecule has 1 N–H and O–H groups in total. The number of aliphatic hydroxyl groups excluding tert-OH is 1. The fourth-order valence-corrected chi connectivity index (χ4v) is 1.42. The van der Waals surface area contributed by atoms with E-state index in [1.165, 1.54) is 13.8 Å². The van der Waals surface area contributed by atoms with Crippen LogP contribution in [0.25, 0.3) is 0 Å². The molecule has 4 heteroatoms. The van der Waals surface area contributed by atoms with E-state index in [1.54, 1.807) is 24.3 Å².